The van der Waals surface area contributed by atoms with Crippen LogP contribution >= 0.6 is 0 Å². The fourth-order valence-electron chi connectivity index (χ4n) is 1.56. The average molecular weight is 245 g/mol. The third kappa shape index (κ3) is 2.68. The number of pyridine rings is 2. The second-order valence-corrected chi connectivity index (χ2v) is 3.84. The highest BCUT2D eigenvalue weighted by molar-refractivity contribution is 5.94. The highest BCUT2D eigenvalue weighted by Gasteiger charge is 2.16. The van der Waals surface area contributed by atoms with E-state index in [-0.39, 0.29) is 11.5 Å². The number of nitrogens with zero attached hydrogens (tertiary/aromatic N) is 3. The van der Waals surface area contributed by atoms with Gasteiger partial charge in [0.1, 0.15) is 0 Å². The molecule has 0 N–H and O–H groups in total. The van der Waals surface area contributed by atoms with Gasteiger partial charge in [0, 0.05) is 19.4 Å². The monoisotopic (exact) mass is 245 g/mol. The van der Waals surface area contributed by atoms with Crippen molar-refractivity contribution in [2.24, 2.45) is 0 Å². The maximum absolute atomic E-state index is 13.4. The summed E-state index contributed by atoms with van der Waals surface area (Å²) in [4.78, 5) is 21.1. The Morgan fingerprint density at radius 2 is 2.17 bits per heavy atom. The standard InChI is InChI=1S/C13H12FN3O/c1-17(9-10-4-2-3-6-16-10)13(18)11-5-7-15-8-12(11)14/h2-8H,9H2,1H3. The summed E-state index contributed by atoms with van der Waals surface area (Å²) in [6.07, 6.45) is 4.08. The summed E-state index contributed by atoms with van der Waals surface area (Å²) < 4.78 is 13.4. The van der Waals surface area contributed by atoms with Crippen LogP contribution in [0.5, 0.6) is 0 Å². The van der Waals surface area contributed by atoms with Crippen LogP contribution in [0, 0.1) is 5.82 Å². The second kappa shape index (κ2) is 5.35. The topological polar surface area (TPSA) is 46.1 Å². The molecule has 2 heterocycles. The van der Waals surface area contributed by atoms with Gasteiger partial charge in [0.25, 0.3) is 5.91 Å². The first kappa shape index (κ1) is 12.2. The lowest BCUT2D eigenvalue weighted by molar-refractivity contribution is 0.0778. The van der Waals surface area contributed by atoms with Gasteiger partial charge in [-0.1, -0.05) is 6.07 Å². The normalized spacial score (nSPS) is 10.1. The second-order valence-electron chi connectivity index (χ2n) is 3.84. The molecule has 0 unspecified atom stereocenters. The van der Waals surface area contributed by atoms with Crippen LogP contribution in [0.2, 0.25) is 0 Å². The van der Waals surface area contributed by atoms with Crippen LogP contribution in [0.1, 0.15) is 16.1 Å². The minimum Gasteiger partial charge on any atom is -0.336 e. The first-order valence-corrected chi connectivity index (χ1v) is 5.43. The minimum atomic E-state index is -0.615. The summed E-state index contributed by atoms with van der Waals surface area (Å²) in [6.45, 7) is 0.335. The molecule has 0 atom stereocenters. The van der Waals surface area contributed by atoms with Gasteiger partial charge < -0.3 is 4.90 Å². The van der Waals surface area contributed by atoms with Crippen molar-refractivity contribution in [1.82, 2.24) is 14.9 Å². The Morgan fingerprint density at radius 3 is 2.83 bits per heavy atom. The quantitative estimate of drug-likeness (QED) is 0.829. The van der Waals surface area contributed by atoms with E-state index in [1.54, 1.807) is 19.3 Å². The maximum Gasteiger partial charge on any atom is 0.257 e. The lowest BCUT2D eigenvalue weighted by Crippen LogP contribution is -2.27. The number of aromatic nitrogens is 2. The first-order chi connectivity index (χ1) is 8.68. The van der Waals surface area contributed by atoms with Gasteiger partial charge in [0.15, 0.2) is 5.82 Å². The largest absolute Gasteiger partial charge is 0.336 e. The summed E-state index contributed by atoms with van der Waals surface area (Å²) in [6, 6.07) is 6.82. The van der Waals surface area contributed by atoms with Gasteiger partial charge in [-0.25, -0.2) is 4.39 Å². The van der Waals surface area contributed by atoms with E-state index in [2.05, 4.69) is 9.97 Å². The predicted octanol–water partition coefficient (Wildman–Crippen LogP) is 1.89. The molecular weight excluding hydrogens is 233 g/mol. The van der Waals surface area contributed by atoms with Crippen LogP contribution in [0.15, 0.2) is 42.9 Å². The summed E-state index contributed by atoms with van der Waals surface area (Å²) >= 11 is 0. The number of hydrogen-bond acceptors (Lipinski definition) is 3. The van der Waals surface area contributed by atoms with Crippen molar-refractivity contribution in [3.63, 3.8) is 0 Å². The molecular formula is C13H12FN3O. The van der Waals surface area contributed by atoms with E-state index >= 15 is 0 Å². The number of amides is 1. The van der Waals surface area contributed by atoms with Crippen molar-refractivity contribution in [2.75, 3.05) is 7.05 Å². The molecule has 0 bridgehead atoms. The number of rotatable bonds is 3. The highest BCUT2D eigenvalue weighted by Crippen LogP contribution is 2.09. The van der Waals surface area contributed by atoms with Gasteiger partial charge in [-0.05, 0) is 18.2 Å². The van der Waals surface area contributed by atoms with E-state index in [4.69, 9.17) is 0 Å². The van der Waals surface area contributed by atoms with Gasteiger partial charge >= 0.3 is 0 Å². The van der Waals surface area contributed by atoms with Crippen molar-refractivity contribution < 1.29 is 9.18 Å². The molecule has 0 aliphatic carbocycles. The Balaban J connectivity index is 2.13. The number of carbonyl (C=O) groups excluding carboxylic acids is 1. The van der Waals surface area contributed by atoms with Crippen LogP contribution in [-0.4, -0.2) is 27.8 Å². The fourth-order valence-corrected chi connectivity index (χ4v) is 1.56. The molecule has 92 valence electrons. The van der Waals surface area contributed by atoms with Gasteiger partial charge in [-0.3, -0.25) is 14.8 Å². The summed E-state index contributed by atoms with van der Waals surface area (Å²) in [5.74, 6) is -1.00. The third-order valence-electron chi connectivity index (χ3n) is 2.47. The molecule has 2 rings (SSSR count). The molecule has 0 aromatic carbocycles. The molecule has 0 radical (unpaired) electrons. The zero-order valence-corrected chi connectivity index (χ0v) is 9.88. The van der Waals surface area contributed by atoms with E-state index in [1.165, 1.54) is 17.2 Å². The van der Waals surface area contributed by atoms with Crippen molar-refractivity contribution in [3.8, 4) is 0 Å². The third-order valence-corrected chi connectivity index (χ3v) is 2.47. The minimum absolute atomic E-state index is 0.0171. The zero-order chi connectivity index (χ0) is 13.0. The summed E-state index contributed by atoms with van der Waals surface area (Å²) in [5.41, 5.74) is 0.770. The molecule has 0 saturated heterocycles. The van der Waals surface area contributed by atoms with E-state index in [1.807, 2.05) is 12.1 Å². The molecule has 1 amide bonds. The van der Waals surface area contributed by atoms with Crippen LogP contribution in [0.25, 0.3) is 0 Å². The molecule has 0 spiro atoms. The zero-order valence-electron chi connectivity index (χ0n) is 9.88. The molecule has 0 aliphatic rings. The van der Waals surface area contributed by atoms with Crippen LogP contribution in [0.4, 0.5) is 4.39 Å². The Bertz CT molecular complexity index is 545. The molecule has 18 heavy (non-hydrogen) atoms. The lowest BCUT2D eigenvalue weighted by Gasteiger charge is -2.16. The number of hydrogen-bond donors (Lipinski definition) is 0. The van der Waals surface area contributed by atoms with Gasteiger partial charge in [0.05, 0.1) is 24.0 Å². The van der Waals surface area contributed by atoms with Crippen LogP contribution < -0.4 is 0 Å². The molecule has 0 saturated carbocycles. The molecule has 4 nitrogen and oxygen atoms in total. The average Bonchev–Trinajstić information content (AvgIpc) is 2.39. The predicted molar refractivity (Wildman–Crippen MR) is 64.2 cm³/mol. The highest BCUT2D eigenvalue weighted by atomic mass is 19.1. The van der Waals surface area contributed by atoms with E-state index in [9.17, 15) is 9.18 Å². The van der Waals surface area contributed by atoms with Crippen molar-refractivity contribution in [2.45, 2.75) is 6.54 Å². The number of carbonyl (C=O) groups is 1. The van der Waals surface area contributed by atoms with Crippen LogP contribution in [-0.2, 0) is 6.54 Å². The van der Waals surface area contributed by atoms with Gasteiger partial charge in [-0.2, -0.15) is 0 Å². The molecule has 0 fully saturated rings. The smallest absolute Gasteiger partial charge is 0.257 e. The Labute approximate surface area is 104 Å². The van der Waals surface area contributed by atoms with E-state index in [0.717, 1.165) is 11.9 Å². The SMILES string of the molecule is CN(Cc1ccccn1)C(=O)c1ccncc1F. The van der Waals surface area contributed by atoms with Gasteiger partial charge in [-0.15, -0.1) is 0 Å². The molecule has 5 heteroatoms. The van der Waals surface area contributed by atoms with Gasteiger partial charge in [0.2, 0.25) is 0 Å². The number of halogens is 1. The fraction of sp³-hybridized carbons (Fsp3) is 0.154. The first-order valence-electron chi connectivity index (χ1n) is 5.43. The lowest BCUT2D eigenvalue weighted by atomic mass is 10.2. The van der Waals surface area contributed by atoms with E-state index in [0.29, 0.717) is 6.54 Å². The maximum atomic E-state index is 13.4. The Hall–Kier alpha value is -2.30. The van der Waals surface area contributed by atoms with Crippen molar-refractivity contribution in [3.05, 3.63) is 59.9 Å². The Morgan fingerprint density at radius 1 is 1.33 bits per heavy atom. The molecule has 0 aliphatic heterocycles. The van der Waals surface area contributed by atoms with Crippen molar-refractivity contribution >= 4 is 5.91 Å². The molecule has 2 aromatic rings. The van der Waals surface area contributed by atoms with Crippen LogP contribution in [0.3, 0.4) is 0 Å². The summed E-state index contributed by atoms with van der Waals surface area (Å²) in [5, 5.41) is 0. The summed E-state index contributed by atoms with van der Waals surface area (Å²) in [7, 11) is 1.61. The van der Waals surface area contributed by atoms with Crippen molar-refractivity contribution in [1.29, 1.82) is 0 Å². The Kier molecular flexibility index (Phi) is 3.62. The molecule has 2 aromatic heterocycles. The van der Waals surface area contributed by atoms with E-state index < -0.39 is 5.82 Å².